The van der Waals surface area contributed by atoms with Crippen LogP contribution < -0.4 is 15.2 Å². The van der Waals surface area contributed by atoms with E-state index < -0.39 is 5.54 Å². The minimum absolute atomic E-state index is 0.119. The zero-order valence-electron chi connectivity index (χ0n) is 10.7. The van der Waals surface area contributed by atoms with E-state index in [0.29, 0.717) is 0 Å². The van der Waals surface area contributed by atoms with Crippen LogP contribution in [0, 0.1) is 0 Å². The fourth-order valence-electron chi connectivity index (χ4n) is 1.67. The third kappa shape index (κ3) is 2.89. The Hall–Kier alpha value is -1.22. The lowest BCUT2D eigenvalue weighted by Gasteiger charge is -2.26. The summed E-state index contributed by atoms with van der Waals surface area (Å²) < 4.78 is 11.1. The molecule has 3 heteroatoms. The molecule has 1 aromatic rings. The largest absolute Gasteiger partial charge is 0.496 e. The second kappa shape index (κ2) is 4.74. The van der Waals surface area contributed by atoms with Gasteiger partial charge in [0, 0.05) is 5.54 Å². The molecule has 0 amide bonds. The number of methoxy groups -OCH3 is 1. The van der Waals surface area contributed by atoms with Crippen LogP contribution in [0.25, 0.3) is 0 Å². The van der Waals surface area contributed by atoms with Gasteiger partial charge < -0.3 is 15.2 Å². The van der Waals surface area contributed by atoms with Gasteiger partial charge in [0.25, 0.3) is 0 Å². The topological polar surface area (TPSA) is 44.5 Å². The van der Waals surface area contributed by atoms with Crippen molar-refractivity contribution in [1.29, 1.82) is 0 Å². The lowest BCUT2D eigenvalue weighted by atomic mass is 9.93. The van der Waals surface area contributed by atoms with E-state index in [2.05, 4.69) is 0 Å². The van der Waals surface area contributed by atoms with Gasteiger partial charge >= 0.3 is 0 Å². The highest BCUT2D eigenvalue weighted by molar-refractivity contribution is 5.48. The van der Waals surface area contributed by atoms with E-state index >= 15 is 0 Å². The second-order valence-electron chi connectivity index (χ2n) is 4.72. The molecule has 16 heavy (non-hydrogen) atoms. The first-order valence-corrected chi connectivity index (χ1v) is 5.49. The van der Waals surface area contributed by atoms with Crippen LogP contribution in [0.1, 0.15) is 33.3 Å². The van der Waals surface area contributed by atoms with Gasteiger partial charge in [-0.2, -0.15) is 0 Å². The summed E-state index contributed by atoms with van der Waals surface area (Å²) in [7, 11) is 1.64. The first kappa shape index (κ1) is 12.8. The lowest BCUT2D eigenvalue weighted by molar-refractivity contribution is 0.233. The fraction of sp³-hybridized carbons (Fsp3) is 0.538. The van der Waals surface area contributed by atoms with Crippen LogP contribution in [-0.4, -0.2) is 13.2 Å². The summed E-state index contributed by atoms with van der Waals surface area (Å²) in [4.78, 5) is 0. The molecule has 0 unspecified atom stereocenters. The van der Waals surface area contributed by atoms with Crippen LogP contribution in [0.4, 0.5) is 0 Å². The first-order valence-electron chi connectivity index (χ1n) is 5.49. The molecule has 3 nitrogen and oxygen atoms in total. The molecule has 0 aliphatic heterocycles. The first-order chi connectivity index (χ1) is 7.36. The maximum absolute atomic E-state index is 6.15. The summed E-state index contributed by atoms with van der Waals surface area (Å²) in [6.45, 7) is 7.87. The van der Waals surface area contributed by atoms with Crippen LogP contribution in [0.3, 0.4) is 0 Å². The van der Waals surface area contributed by atoms with E-state index in [-0.39, 0.29) is 6.10 Å². The van der Waals surface area contributed by atoms with E-state index in [0.717, 1.165) is 17.1 Å². The molecule has 1 rings (SSSR count). The molecule has 0 spiro atoms. The van der Waals surface area contributed by atoms with Crippen LogP contribution in [-0.2, 0) is 5.54 Å². The van der Waals surface area contributed by atoms with Gasteiger partial charge in [0.1, 0.15) is 11.5 Å². The van der Waals surface area contributed by atoms with Gasteiger partial charge in [-0.05, 0) is 39.8 Å². The molecular formula is C13H21NO2. The van der Waals surface area contributed by atoms with Gasteiger partial charge in [0.2, 0.25) is 0 Å². The molecule has 0 saturated heterocycles. The van der Waals surface area contributed by atoms with Crippen molar-refractivity contribution in [2.75, 3.05) is 7.11 Å². The van der Waals surface area contributed by atoms with Crippen LogP contribution >= 0.6 is 0 Å². The van der Waals surface area contributed by atoms with Crippen molar-refractivity contribution >= 4 is 0 Å². The van der Waals surface area contributed by atoms with Crippen molar-refractivity contribution in [2.45, 2.75) is 39.3 Å². The van der Waals surface area contributed by atoms with Crippen molar-refractivity contribution in [1.82, 2.24) is 0 Å². The summed E-state index contributed by atoms with van der Waals surface area (Å²) in [5.41, 5.74) is 6.57. The van der Waals surface area contributed by atoms with Crippen molar-refractivity contribution in [2.24, 2.45) is 5.73 Å². The number of hydrogen-bond acceptors (Lipinski definition) is 3. The van der Waals surface area contributed by atoms with Crippen LogP contribution in [0.5, 0.6) is 11.5 Å². The molecule has 0 saturated carbocycles. The molecule has 0 atom stereocenters. The van der Waals surface area contributed by atoms with Gasteiger partial charge in [-0.1, -0.05) is 6.07 Å². The summed E-state index contributed by atoms with van der Waals surface area (Å²) in [6, 6.07) is 5.73. The van der Waals surface area contributed by atoms with E-state index in [4.69, 9.17) is 15.2 Å². The highest BCUT2D eigenvalue weighted by atomic mass is 16.5. The normalized spacial score (nSPS) is 11.7. The number of benzene rings is 1. The monoisotopic (exact) mass is 223 g/mol. The highest BCUT2D eigenvalue weighted by Gasteiger charge is 2.24. The smallest absolute Gasteiger partial charge is 0.128 e. The predicted octanol–water partition coefficient (Wildman–Crippen LogP) is 2.68. The molecule has 90 valence electrons. The second-order valence-corrected chi connectivity index (χ2v) is 4.72. The minimum atomic E-state index is -0.489. The van der Waals surface area contributed by atoms with Gasteiger partial charge in [0.15, 0.2) is 0 Å². The van der Waals surface area contributed by atoms with E-state index in [1.54, 1.807) is 7.11 Å². The standard InChI is InChI=1S/C13H21NO2/c1-9(2)16-11-8-6-7-10(15-5)12(11)13(3,4)14/h6-9H,14H2,1-5H3. The maximum atomic E-state index is 6.15. The molecule has 0 aromatic heterocycles. The third-order valence-electron chi connectivity index (χ3n) is 2.21. The van der Waals surface area contributed by atoms with E-state index in [9.17, 15) is 0 Å². The quantitative estimate of drug-likeness (QED) is 0.853. The Kier molecular flexibility index (Phi) is 3.81. The van der Waals surface area contributed by atoms with E-state index in [1.165, 1.54) is 0 Å². The Bertz CT molecular complexity index is 353. The number of hydrogen-bond donors (Lipinski definition) is 1. The van der Waals surface area contributed by atoms with Crippen LogP contribution in [0.2, 0.25) is 0 Å². The van der Waals surface area contributed by atoms with Gasteiger partial charge in [-0.15, -0.1) is 0 Å². The summed E-state index contributed by atoms with van der Waals surface area (Å²) in [5, 5.41) is 0. The Morgan fingerprint density at radius 2 is 1.75 bits per heavy atom. The van der Waals surface area contributed by atoms with Crippen molar-refractivity contribution < 1.29 is 9.47 Å². The number of ether oxygens (including phenoxy) is 2. The molecule has 0 aliphatic carbocycles. The Morgan fingerprint density at radius 1 is 1.19 bits per heavy atom. The van der Waals surface area contributed by atoms with Crippen molar-refractivity contribution in [3.05, 3.63) is 23.8 Å². The molecule has 0 fully saturated rings. The SMILES string of the molecule is COc1cccc(OC(C)C)c1C(C)(C)N. The molecular weight excluding hydrogens is 202 g/mol. The number of nitrogens with two attached hydrogens (primary N) is 1. The predicted molar refractivity (Wildman–Crippen MR) is 66.0 cm³/mol. The molecule has 0 aliphatic rings. The zero-order valence-corrected chi connectivity index (χ0v) is 10.7. The third-order valence-corrected chi connectivity index (χ3v) is 2.21. The van der Waals surface area contributed by atoms with Crippen LogP contribution in [0.15, 0.2) is 18.2 Å². The average Bonchev–Trinajstić information content (AvgIpc) is 2.14. The summed E-state index contributed by atoms with van der Waals surface area (Å²) >= 11 is 0. The number of rotatable bonds is 4. The Balaban J connectivity index is 3.26. The van der Waals surface area contributed by atoms with Gasteiger partial charge in [0.05, 0.1) is 18.8 Å². The minimum Gasteiger partial charge on any atom is -0.496 e. The van der Waals surface area contributed by atoms with Gasteiger partial charge in [-0.3, -0.25) is 0 Å². The van der Waals surface area contributed by atoms with Crippen molar-refractivity contribution in [3.8, 4) is 11.5 Å². The van der Waals surface area contributed by atoms with Crippen molar-refractivity contribution in [3.63, 3.8) is 0 Å². The zero-order chi connectivity index (χ0) is 12.3. The lowest BCUT2D eigenvalue weighted by Crippen LogP contribution is -2.30. The van der Waals surface area contributed by atoms with Gasteiger partial charge in [-0.25, -0.2) is 0 Å². The highest BCUT2D eigenvalue weighted by Crippen LogP contribution is 2.36. The maximum Gasteiger partial charge on any atom is 0.128 e. The fourth-order valence-corrected chi connectivity index (χ4v) is 1.67. The summed E-state index contributed by atoms with van der Waals surface area (Å²) in [6.07, 6.45) is 0.119. The Morgan fingerprint density at radius 3 is 2.19 bits per heavy atom. The molecule has 0 radical (unpaired) electrons. The average molecular weight is 223 g/mol. The molecule has 2 N–H and O–H groups in total. The molecule has 0 heterocycles. The van der Waals surface area contributed by atoms with E-state index in [1.807, 2.05) is 45.9 Å². The summed E-state index contributed by atoms with van der Waals surface area (Å²) in [5.74, 6) is 1.56. The molecule has 0 bridgehead atoms. The molecule has 1 aromatic carbocycles. The Labute approximate surface area is 97.6 Å².